The van der Waals surface area contributed by atoms with Gasteiger partial charge in [0.1, 0.15) is 11.3 Å². The van der Waals surface area contributed by atoms with Crippen molar-refractivity contribution in [1.29, 1.82) is 0 Å². The molecule has 0 saturated carbocycles. The standard InChI is InChI=1S/C20H25ClN6O3S/c1-4-5-16-17-18(26(3)24-16)20(28)23-19(22-17)14-12-13(6-7-15(14)21)31(29,30)27-10-8-25(2)9-11-27/h6-7,12H,4-5,8-11H2,1-3H3,(H,22,23,28). The molecule has 1 N–H and O–H groups in total. The molecule has 0 bridgehead atoms. The number of aromatic amines is 1. The fourth-order valence-electron chi connectivity index (χ4n) is 3.80. The van der Waals surface area contributed by atoms with Crippen LogP contribution in [-0.2, 0) is 23.5 Å². The topological polar surface area (TPSA) is 104 Å². The predicted octanol–water partition coefficient (Wildman–Crippen LogP) is 1.87. The molecule has 0 atom stereocenters. The fourth-order valence-corrected chi connectivity index (χ4v) is 5.46. The molecular weight excluding hydrogens is 440 g/mol. The number of halogens is 1. The molecule has 0 unspecified atom stereocenters. The van der Waals surface area contributed by atoms with Crippen LogP contribution in [0.4, 0.5) is 0 Å². The monoisotopic (exact) mass is 464 g/mol. The first-order valence-electron chi connectivity index (χ1n) is 10.2. The number of nitrogens with one attached hydrogen (secondary N) is 1. The van der Waals surface area contributed by atoms with Crippen LogP contribution in [0.25, 0.3) is 22.4 Å². The third kappa shape index (κ3) is 4.00. The van der Waals surface area contributed by atoms with Crippen molar-refractivity contribution in [3.8, 4) is 11.4 Å². The first-order chi connectivity index (χ1) is 14.7. The second kappa shape index (κ2) is 8.34. The molecule has 1 aliphatic rings. The van der Waals surface area contributed by atoms with E-state index in [9.17, 15) is 13.2 Å². The summed E-state index contributed by atoms with van der Waals surface area (Å²) >= 11 is 6.40. The van der Waals surface area contributed by atoms with Gasteiger partial charge in [-0.1, -0.05) is 24.9 Å². The minimum atomic E-state index is -3.69. The Morgan fingerprint density at radius 3 is 2.55 bits per heavy atom. The lowest BCUT2D eigenvalue weighted by Crippen LogP contribution is -2.47. The van der Waals surface area contributed by atoms with E-state index in [1.54, 1.807) is 7.05 Å². The molecule has 166 valence electrons. The van der Waals surface area contributed by atoms with Gasteiger partial charge in [0, 0.05) is 38.8 Å². The number of aryl methyl sites for hydroxylation is 2. The van der Waals surface area contributed by atoms with E-state index in [1.807, 2.05) is 14.0 Å². The van der Waals surface area contributed by atoms with E-state index in [-0.39, 0.29) is 16.3 Å². The van der Waals surface area contributed by atoms with Gasteiger partial charge in [0.15, 0.2) is 5.52 Å². The molecule has 1 aliphatic heterocycles. The van der Waals surface area contributed by atoms with Crippen molar-refractivity contribution < 1.29 is 8.42 Å². The van der Waals surface area contributed by atoms with Crippen LogP contribution >= 0.6 is 11.6 Å². The molecule has 1 saturated heterocycles. The molecule has 9 nitrogen and oxygen atoms in total. The van der Waals surface area contributed by atoms with Crippen LogP contribution in [-0.4, -0.2) is 70.6 Å². The Morgan fingerprint density at radius 2 is 1.87 bits per heavy atom. The summed E-state index contributed by atoms with van der Waals surface area (Å²) in [5, 5.41) is 4.72. The van der Waals surface area contributed by atoms with Crippen LogP contribution in [0.1, 0.15) is 19.0 Å². The SMILES string of the molecule is CCCc1nn(C)c2c(=O)[nH]c(-c3cc(S(=O)(=O)N4CCN(C)CC4)ccc3Cl)nc12. The van der Waals surface area contributed by atoms with E-state index in [0.29, 0.717) is 54.2 Å². The number of fused-ring (bicyclic) bond motifs is 1. The summed E-state index contributed by atoms with van der Waals surface area (Å²) in [6.07, 6.45) is 1.54. The van der Waals surface area contributed by atoms with E-state index < -0.39 is 10.0 Å². The van der Waals surface area contributed by atoms with Crippen LogP contribution in [0, 0.1) is 0 Å². The second-order valence-corrected chi connectivity index (χ2v) is 10.1. The highest BCUT2D eigenvalue weighted by molar-refractivity contribution is 7.89. The summed E-state index contributed by atoms with van der Waals surface area (Å²) in [4.78, 5) is 22.3. The number of hydrogen-bond acceptors (Lipinski definition) is 6. The van der Waals surface area contributed by atoms with Gasteiger partial charge in [0.05, 0.1) is 15.6 Å². The van der Waals surface area contributed by atoms with Crippen LogP contribution in [0.2, 0.25) is 5.02 Å². The number of H-pyrrole nitrogens is 1. The molecule has 0 aliphatic carbocycles. The molecule has 31 heavy (non-hydrogen) atoms. The minimum absolute atomic E-state index is 0.124. The van der Waals surface area contributed by atoms with Crippen molar-refractivity contribution in [2.24, 2.45) is 7.05 Å². The van der Waals surface area contributed by atoms with E-state index in [1.165, 1.54) is 27.2 Å². The number of aromatic nitrogens is 4. The molecule has 1 fully saturated rings. The molecule has 0 amide bonds. The lowest BCUT2D eigenvalue weighted by Gasteiger charge is -2.31. The number of sulfonamides is 1. The lowest BCUT2D eigenvalue weighted by atomic mass is 10.2. The van der Waals surface area contributed by atoms with Crippen molar-refractivity contribution >= 4 is 32.7 Å². The van der Waals surface area contributed by atoms with Gasteiger partial charge < -0.3 is 9.88 Å². The first-order valence-corrected chi connectivity index (χ1v) is 12.0. The molecular formula is C20H25ClN6O3S. The summed E-state index contributed by atoms with van der Waals surface area (Å²) in [7, 11) is -0.0175. The molecule has 11 heteroatoms. The van der Waals surface area contributed by atoms with Gasteiger partial charge in [-0.25, -0.2) is 13.4 Å². The van der Waals surface area contributed by atoms with E-state index in [0.717, 1.165) is 12.1 Å². The van der Waals surface area contributed by atoms with E-state index in [2.05, 4.69) is 20.0 Å². The van der Waals surface area contributed by atoms with Crippen molar-refractivity contribution in [1.82, 2.24) is 29.0 Å². The average molecular weight is 465 g/mol. The van der Waals surface area contributed by atoms with Gasteiger partial charge in [-0.05, 0) is 31.7 Å². The zero-order chi connectivity index (χ0) is 22.3. The van der Waals surface area contributed by atoms with Crippen molar-refractivity contribution in [3.63, 3.8) is 0 Å². The third-order valence-electron chi connectivity index (χ3n) is 5.54. The van der Waals surface area contributed by atoms with E-state index in [4.69, 9.17) is 11.6 Å². The maximum absolute atomic E-state index is 13.2. The maximum atomic E-state index is 13.2. The highest BCUT2D eigenvalue weighted by Crippen LogP contribution is 2.30. The minimum Gasteiger partial charge on any atom is -0.305 e. The molecule has 3 heterocycles. The maximum Gasteiger partial charge on any atom is 0.277 e. The second-order valence-electron chi connectivity index (χ2n) is 7.78. The Kier molecular flexibility index (Phi) is 5.91. The number of rotatable bonds is 5. The smallest absolute Gasteiger partial charge is 0.277 e. The summed E-state index contributed by atoms with van der Waals surface area (Å²) in [6.45, 7) is 4.22. The number of hydrogen-bond donors (Lipinski definition) is 1. The zero-order valence-corrected chi connectivity index (χ0v) is 19.3. The number of likely N-dealkylation sites (N-methyl/N-ethyl adjacent to an activating group) is 1. The Hall–Kier alpha value is -2.27. The number of benzene rings is 1. The molecule has 2 aromatic heterocycles. The van der Waals surface area contributed by atoms with Gasteiger partial charge in [-0.15, -0.1) is 0 Å². The predicted molar refractivity (Wildman–Crippen MR) is 120 cm³/mol. The van der Waals surface area contributed by atoms with Crippen molar-refractivity contribution in [2.45, 2.75) is 24.7 Å². The molecule has 4 rings (SSSR count). The highest BCUT2D eigenvalue weighted by Gasteiger charge is 2.28. The quantitative estimate of drug-likeness (QED) is 0.618. The summed E-state index contributed by atoms with van der Waals surface area (Å²) in [5.74, 6) is 0.225. The Bertz CT molecular complexity index is 1290. The fraction of sp³-hybridized carbons (Fsp3) is 0.450. The van der Waals surface area contributed by atoms with E-state index >= 15 is 0 Å². The molecule has 0 radical (unpaired) electrons. The van der Waals surface area contributed by atoms with Gasteiger partial charge in [0.2, 0.25) is 10.0 Å². The Morgan fingerprint density at radius 1 is 1.16 bits per heavy atom. The Balaban J connectivity index is 1.81. The van der Waals surface area contributed by atoms with Gasteiger partial charge in [-0.3, -0.25) is 9.48 Å². The van der Waals surface area contributed by atoms with Crippen molar-refractivity contribution in [2.75, 3.05) is 33.2 Å². The number of piperazine rings is 1. The van der Waals surface area contributed by atoms with Crippen LogP contribution in [0.5, 0.6) is 0 Å². The molecule has 3 aromatic rings. The Labute approximate surface area is 185 Å². The highest BCUT2D eigenvalue weighted by atomic mass is 35.5. The average Bonchev–Trinajstić information content (AvgIpc) is 3.04. The zero-order valence-electron chi connectivity index (χ0n) is 17.7. The van der Waals surface area contributed by atoms with Crippen molar-refractivity contribution in [3.05, 3.63) is 39.3 Å². The summed E-state index contributed by atoms with van der Waals surface area (Å²) in [5.41, 5.74) is 1.63. The largest absolute Gasteiger partial charge is 0.305 e. The normalized spacial score (nSPS) is 16.3. The van der Waals surface area contributed by atoms with Crippen LogP contribution in [0.3, 0.4) is 0 Å². The van der Waals surface area contributed by atoms with Gasteiger partial charge >= 0.3 is 0 Å². The van der Waals surface area contributed by atoms with Crippen LogP contribution < -0.4 is 5.56 Å². The van der Waals surface area contributed by atoms with Gasteiger partial charge in [-0.2, -0.15) is 9.40 Å². The number of nitrogens with zero attached hydrogens (tertiary/aromatic N) is 5. The lowest BCUT2D eigenvalue weighted by molar-refractivity contribution is 0.222. The summed E-state index contributed by atoms with van der Waals surface area (Å²) in [6, 6.07) is 4.50. The first kappa shape index (κ1) is 21.9. The van der Waals surface area contributed by atoms with Crippen LogP contribution in [0.15, 0.2) is 27.9 Å². The van der Waals surface area contributed by atoms with Gasteiger partial charge in [0.25, 0.3) is 5.56 Å². The summed E-state index contributed by atoms with van der Waals surface area (Å²) < 4.78 is 29.3. The third-order valence-corrected chi connectivity index (χ3v) is 7.77. The molecule has 1 aromatic carbocycles. The molecule has 0 spiro atoms.